The summed E-state index contributed by atoms with van der Waals surface area (Å²) >= 11 is 0. The Morgan fingerprint density at radius 2 is 1.48 bits per heavy atom. The largest absolute Gasteiger partial charge is 0.497 e. The predicted octanol–water partition coefficient (Wildman–Crippen LogP) is 4.83. The van der Waals surface area contributed by atoms with Crippen molar-refractivity contribution in [3.05, 3.63) is 54.6 Å². The van der Waals surface area contributed by atoms with Crippen molar-refractivity contribution in [3.8, 4) is 22.9 Å². The number of hydrogen-bond donors (Lipinski definition) is 0. The molecule has 0 amide bonds. The molecule has 128 valence electrons. The van der Waals surface area contributed by atoms with Crippen molar-refractivity contribution >= 4 is 34.2 Å². The van der Waals surface area contributed by atoms with Crippen molar-refractivity contribution in [2.75, 3.05) is 14.2 Å². The summed E-state index contributed by atoms with van der Waals surface area (Å²) in [5.41, 5.74) is 3.15. The minimum Gasteiger partial charge on any atom is -0.497 e. The Labute approximate surface area is 152 Å². The average Bonchev–Trinajstić information content (AvgIpc) is 2.98. The molecule has 0 N–H and O–H groups in total. The lowest BCUT2D eigenvalue weighted by Gasteiger charge is -2.04. The number of rotatable bonds is 3. The number of nitrogens with zero attached hydrogens (tertiary/aromatic N) is 2. The quantitative estimate of drug-likeness (QED) is 0.528. The van der Waals surface area contributed by atoms with Gasteiger partial charge in [-0.15, -0.1) is 12.4 Å². The van der Waals surface area contributed by atoms with Gasteiger partial charge >= 0.3 is 0 Å². The van der Waals surface area contributed by atoms with Gasteiger partial charge < -0.3 is 14.0 Å². The number of methoxy groups -OCH3 is 2. The van der Waals surface area contributed by atoms with Gasteiger partial charge in [-0.25, -0.2) is 4.98 Å². The van der Waals surface area contributed by atoms with Gasteiger partial charge in [0.2, 0.25) is 0 Å². The Kier molecular flexibility index (Phi) is 4.55. The van der Waals surface area contributed by atoms with E-state index in [0.717, 1.165) is 44.7 Å². The average molecular weight is 355 g/mol. The Balaban J connectivity index is 0.00000182. The standard InChI is InChI=1S/C20H18N2O2.ClH/c1-22-18-11-7-13-4-10-16(24-3)12-17(13)19(18)21-20(22)14-5-8-15(23-2)9-6-14;/h4-12H,1-3H3;1H. The Hall–Kier alpha value is -2.72. The van der Waals surface area contributed by atoms with E-state index in [9.17, 15) is 0 Å². The molecule has 0 unspecified atom stereocenters. The molecule has 0 aliphatic carbocycles. The summed E-state index contributed by atoms with van der Waals surface area (Å²) in [4.78, 5) is 4.91. The van der Waals surface area contributed by atoms with Crippen molar-refractivity contribution in [2.45, 2.75) is 0 Å². The van der Waals surface area contributed by atoms with Crippen LogP contribution >= 0.6 is 12.4 Å². The van der Waals surface area contributed by atoms with E-state index in [1.54, 1.807) is 14.2 Å². The van der Waals surface area contributed by atoms with Crippen LogP contribution in [-0.4, -0.2) is 23.8 Å². The van der Waals surface area contributed by atoms with E-state index >= 15 is 0 Å². The van der Waals surface area contributed by atoms with Gasteiger partial charge in [-0.1, -0.05) is 12.1 Å². The van der Waals surface area contributed by atoms with Crippen LogP contribution in [0.4, 0.5) is 0 Å². The smallest absolute Gasteiger partial charge is 0.140 e. The third-order valence-electron chi connectivity index (χ3n) is 4.42. The molecule has 0 bridgehead atoms. The van der Waals surface area contributed by atoms with Gasteiger partial charge in [0.25, 0.3) is 0 Å². The number of fused-ring (bicyclic) bond motifs is 3. The molecule has 1 aromatic heterocycles. The van der Waals surface area contributed by atoms with E-state index in [4.69, 9.17) is 14.5 Å². The summed E-state index contributed by atoms with van der Waals surface area (Å²) in [7, 11) is 5.40. The van der Waals surface area contributed by atoms with Crippen LogP contribution in [0.2, 0.25) is 0 Å². The third kappa shape index (κ3) is 2.79. The lowest BCUT2D eigenvalue weighted by molar-refractivity contribution is 0.415. The fourth-order valence-corrected chi connectivity index (χ4v) is 3.08. The zero-order valence-corrected chi connectivity index (χ0v) is 15.1. The van der Waals surface area contributed by atoms with Crippen LogP contribution in [0.3, 0.4) is 0 Å². The van der Waals surface area contributed by atoms with Crippen LogP contribution in [0, 0.1) is 0 Å². The highest BCUT2D eigenvalue weighted by Crippen LogP contribution is 2.31. The topological polar surface area (TPSA) is 36.3 Å². The van der Waals surface area contributed by atoms with Crippen molar-refractivity contribution in [2.24, 2.45) is 7.05 Å². The number of benzene rings is 3. The molecule has 0 saturated heterocycles. The molecule has 0 atom stereocenters. The molecule has 0 radical (unpaired) electrons. The molecule has 4 nitrogen and oxygen atoms in total. The first-order valence-corrected chi connectivity index (χ1v) is 7.79. The summed E-state index contributed by atoms with van der Waals surface area (Å²) in [6, 6.07) is 18.3. The molecule has 0 fully saturated rings. The van der Waals surface area contributed by atoms with E-state index in [1.807, 2.05) is 43.4 Å². The third-order valence-corrected chi connectivity index (χ3v) is 4.42. The monoisotopic (exact) mass is 354 g/mol. The summed E-state index contributed by atoms with van der Waals surface area (Å²) in [6.07, 6.45) is 0. The highest BCUT2D eigenvalue weighted by molar-refractivity contribution is 6.05. The van der Waals surface area contributed by atoms with Gasteiger partial charge in [0.05, 0.1) is 25.3 Å². The maximum absolute atomic E-state index is 5.37. The first-order chi connectivity index (χ1) is 11.7. The second-order valence-corrected chi connectivity index (χ2v) is 5.74. The van der Waals surface area contributed by atoms with Crippen molar-refractivity contribution in [3.63, 3.8) is 0 Å². The second kappa shape index (κ2) is 6.65. The van der Waals surface area contributed by atoms with E-state index in [2.05, 4.69) is 22.8 Å². The molecule has 4 aromatic rings. The fraction of sp³-hybridized carbons (Fsp3) is 0.150. The molecule has 0 saturated carbocycles. The summed E-state index contributed by atoms with van der Waals surface area (Å²) in [5.74, 6) is 2.61. The molecule has 4 rings (SSSR count). The Morgan fingerprint density at radius 1 is 0.840 bits per heavy atom. The van der Waals surface area contributed by atoms with Crippen LogP contribution in [0.25, 0.3) is 33.2 Å². The molecule has 0 aliphatic heterocycles. The van der Waals surface area contributed by atoms with Crippen LogP contribution in [0.5, 0.6) is 11.5 Å². The fourth-order valence-electron chi connectivity index (χ4n) is 3.08. The normalized spacial score (nSPS) is 10.7. The summed E-state index contributed by atoms with van der Waals surface area (Å²) in [5, 5.41) is 2.25. The SMILES string of the molecule is COc1ccc(-c2nc3c4cc(OC)ccc4ccc3n2C)cc1.Cl. The molecular formula is C20H19ClN2O2. The van der Waals surface area contributed by atoms with Gasteiger partial charge in [0.1, 0.15) is 17.3 Å². The number of aromatic nitrogens is 2. The number of ether oxygens (including phenoxy) is 2. The van der Waals surface area contributed by atoms with Crippen molar-refractivity contribution in [1.82, 2.24) is 9.55 Å². The van der Waals surface area contributed by atoms with Gasteiger partial charge in [-0.3, -0.25) is 0 Å². The zero-order chi connectivity index (χ0) is 16.7. The summed E-state index contributed by atoms with van der Waals surface area (Å²) < 4.78 is 12.7. The van der Waals surface area contributed by atoms with Crippen molar-refractivity contribution in [1.29, 1.82) is 0 Å². The molecule has 1 heterocycles. The number of hydrogen-bond acceptors (Lipinski definition) is 3. The minimum absolute atomic E-state index is 0. The van der Waals surface area contributed by atoms with Crippen LogP contribution in [-0.2, 0) is 7.05 Å². The van der Waals surface area contributed by atoms with Gasteiger partial charge in [-0.05, 0) is 47.9 Å². The lowest BCUT2D eigenvalue weighted by atomic mass is 10.1. The highest BCUT2D eigenvalue weighted by Gasteiger charge is 2.13. The van der Waals surface area contributed by atoms with Crippen LogP contribution < -0.4 is 9.47 Å². The van der Waals surface area contributed by atoms with E-state index in [-0.39, 0.29) is 12.4 Å². The van der Waals surface area contributed by atoms with Crippen molar-refractivity contribution < 1.29 is 9.47 Å². The lowest BCUT2D eigenvalue weighted by Crippen LogP contribution is -1.92. The highest BCUT2D eigenvalue weighted by atomic mass is 35.5. The van der Waals surface area contributed by atoms with E-state index < -0.39 is 0 Å². The summed E-state index contributed by atoms with van der Waals surface area (Å²) in [6.45, 7) is 0. The maximum atomic E-state index is 5.37. The predicted molar refractivity (Wildman–Crippen MR) is 104 cm³/mol. The molecule has 3 aromatic carbocycles. The van der Waals surface area contributed by atoms with Crippen LogP contribution in [0.1, 0.15) is 0 Å². The Bertz CT molecular complexity index is 1040. The molecule has 5 heteroatoms. The zero-order valence-electron chi connectivity index (χ0n) is 14.3. The van der Waals surface area contributed by atoms with Gasteiger partial charge in [0, 0.05) is 18.0 Å². The van der Waals surface area contributed by atoms with E-state index in [1.165, 1.54) is 0 Å². The Morgan fingerprint density at radius 3 is 2.16 bits per heavy atom. The van der Waals surface area contributed by atoms with Crippen LogP contribution in [0.15, 0.2) is 54.6 Å². The van der Waals surface area contributed by atoms with Gasteiger partial charge in [0.15, 0.2) is 0 Å². The maximum Gasteiger partial charge on any atom is 0.140 e. The molecule has 0 spiro atoms. The van der Waals surface area contributed by atoms with E-state index in [0.29, 0.717) is 0 Å². The molecular weight excluding hydrogens is 336 g/mol. The first-order valence-electron chi connectivity index (χ1n) is 7.79. The second-order valence-electron chi connectivity index (χ2n) is 5.74. The number of halogens is 1. The number of aryl methyl sites for hydroxylation is 1. The molecule has 0 aliphatic rings. The first kappa shape index (κ1) is 17.1. The van der Waals surface area contributed by atoms with Gasteiger partial charge in [-0.2, -0.15) is 0 Å². The molecule has 25 heavy (non-hydrogen) atoms. The number of imidazole rings is 1. The minimum atomic E-state index is 0.